The van der Waals surface area contributed by atoms with Gasteiger partial charge in [0.2, 0.25) is 0 Å². The van der Waals surface area contributed by atoms with E-state index in [1.165, 1.54) is 32.6 Å². The summed E-state index contributed by atoms with van der Waals surface area (Å²) < 4.78 is 30.9. The van der Waals surface area contributed by atoms with E-state index in [9.17, 15) is 9.59 Å². The second-order valence-corrected chi connectivity index (χ2v) is 12.2. The third-order valence-electron chi connectivity index (χ3n) is 8.03. The van der Waals surface area contributed by atoms with Crippen LogP contribution in [0.25, 0.3) is 6.08 Å². The van der Waals surface area contributed by atoms with Crippen LogP contribution in [-0.2, 0) is 16.1 Å². The number of aryl methyl sites for hydroxylation is 3. The zero-order valence-corrected chi connectivity index (χ0v) is 28.9. The SMILES string of the molecule is CCOC(=O)C1=C(C)N=c2s/c(=C\c3ccc(OCc4c(C)cc(C)cc4C)c(OC)c3)c(=O)n2[C@@H]1c1cccc(OC)c1OCC. The van der Waals surface area contributed by atoms with Crippen molar-refractivity contribution in [3.05, 3.63) is 113 Å². The molecular weight excluding hydrogens is 616 g/mol. The fourth-order valence-electron chi connectivity index (χ4n) is 5.93. The minimum Gasteiger partial charge on any atom is -0.493 e. The number of hydrogen-bond acceptors (Lipinski definition) is 9. The molecule has 0 amide bonds. The lowest BCUT2D eigenvalue weighted by Crippen LogP contribution is -2.40. The summed E-state index contributed by atoms with van der Waals surface area (Å²) in [4.78, 5) is 32.7. The molecule has 0 unspecified atom stereocenters. The van der Waals surface area contributed by atoms with E-state index in [2.05, 4.69) is 32.9 Å². The summed E-state index contributed by atoms with van der Waals surface area (Å²) >= 11 is 1.24. The predicted molar refractivity (Wildman–Crippen MR) is 183 cm³/mol. The van der Waals surface area contributed by atoms with Crippen molar-refractivity contribution in [3.63, 3.8) is 0 Å². The fourth-order valence-corrected chi connectivity index (χ4v) is 6.97. The number of nitrogens with zero attached hydrogens (tertiary/aromatic N) is 2. The first-order chi connectivity index (χ1) is 22.6. The van der Waals surface area contributed by atoms with E-state index in [-0.39, 0.29) is 17.7 Å². The maximum atomic E-state index is 14.2. The van der Waals surface area contributed by atoms with Crippen LogP contribution in [0.15, 0.2) is 69.6 Å². The van der Waals surface area contributed by atoms with Crippen molar-refractivity contribution in [2.45, 2.75) is 54.2 Å². The number of carbonyl (C=O) groups is 1. The van der Waals surface area contributed by atoms with Gasteiger partial charge in [-0.3, -0.25) is 9.36 Å². The Hall–Kier alpha value is -4.83. The molecule has 0 radical (unpaired) electrons. The second-order valence-electron chi connectivity index (χ2n) is 11.2. The van der Waals surface area contributed by atoms with Gasteiger partial charge < -0.3 is 23.7 Å². The molecule has 0 saturated heterocycles. The first kappa shape index (κ1) is 33.5. The highest BCUT2D eigenvalue weighted by Gasteiger charge is 2.36. The number of rotatable bonds is 11. The Bertz CT molecular complexity index is 2020. The molecule has 0 aliphatic carbocycles. The molecule has 5 rings (SSSR count). The van der Waals surface area contributed by atoms with Crippen molar-refractivity contribution < 1.29 is 28.5 Å². The number of benzene rings is 3. The lowest BCUT2D eigenvalue weighted by Gasteiger charge is -2.26. The van der Waals surface area contributed by atoms with Gasteiger partial charge in [0.05, 0.1) is 43.2 Å². The van der Waals surface area contributed by atoms with Crippen molar-refractivity contribution in [1.29, 1.82) is 0 Å². The minimum absolute atomic E-state index is 0.176. The molecule has 47 heavy (non-hydrogen) atoms. The first-order valence-corrected chi connectivity index (χ1v) is 16.3. The summed E-state index contributed by atoms with van der Waals surface area (Å²) in [5.74, 6) is 1.54. The lowest BCUT2D eigenvalue weighted by atomic mass is 9.94. The predicted octanol–water partition coefficient (Wildman–Crippen LogP) is 5.72. The first-order valence-electron chi connectivity index (χ1n) is 15.5. The maximum absolute atomic E-state index is 14.2. The normalized spacial score (nSPS) is 14.4. The van der Waals surface area contributed by atoms with Crippen LogP contribution in [-0.4, -0.2) is 38.0 Å². The van der Waals surface area contributed by atoms with Gasteiger partial charge in [-0.05, 0) is 88.1 Å². The molecular formula is C37H40N2O7S. The average molecular weight is 657 g/mol. The molecule has 1 aliphatic rings. The average Bonchev–Trinajstić information content (AvgIpc) is 3.34. The molecule has 1 atom stereocenters. The number of para-hydroxylation sites is 1. The van der Waals surface area contributed by atoms with Gasteiger partial charge in [0.1, 0.15) is 12.6 Å². The smallest absolute Gasteiger partial charge is 0.338 e. The highest BCUT2D eigenvalue weighted by atomic mass is 32.1. The Morgan fingerprint density at radius 2 is 1.64 bits per heavy atom. The number of ether oxygens (including phenoxy) is 5. The number of thiazole rings is 1. The highest BCUT2D eigenvalue weighted by Crippen LogP contribution is 2.41. The number of fused-ring (bicyclic) bond motifs is 1. The summed E-state index contributed by atoms with van der Waals surface area (Å²) in [6, 6.07) is 14.4. The molecule has 246 valence electrons. The van der Waals surface area contributed by atoms with Crippen LogP contribution < -0.4 is 33.8 Å². The van der Waals surface area contributed by atoms with Crippen LogP contribution in [0.1, 0.15) is 60.2 Å². The molecule has 0 saturated carbocycles. The molecule has 0 fully saturated rings. The molecule has 2 heterocycles. The topological polar surface area (TPSA) is 97.6 Å². The second kappa shape index (κ2) is 14.3. The van der Waals surface area contributed by atoms with Crippen molar-refractivity contribution in [1.82, 2.24) is 4.57 Å². The van der Waals surface area contributed by atoms with Crippen molar-refractivity contribution in [2.75, 3.05) is 27.4 Å². The molecule has 0 spiro atoms. The van der Waals surface area contributed by atoms with Gasteiger partial charge in [-0.25, -0.2) is 9.79 Å². The Morgan fingerprint density at radius 1 is 0.915 bits per heavy atom. The van der Waals surface area contributed by atoms with Gasteiger partial charge in [0, 0.05) is 5.56 Å². The number of aromatic nitrogens is 1. The molecule has 0 N–H and O–H groups in total. The fraction of sp³-hybridized carbons (Fsp3) is 0.324. The number of carbonyl (C=O) groups excluding carboxylic acids is 1. The van der Waals surface area contributed by atoms with Crippen LogP contribution in [0.4, 0.5) is 0 Å². The third kappa shape index (κ3) is 6.69. The molecule has 0 bridgehead atoms. The highest BCUT2D eigenvalue weighted by molar-refractivity contribution is 7.07. The van der Waals surface area contributed by atoms with Gasteiger partial charge >= 0.3 is 5.97 Å². The monoisotopic (exact) mass is 656 g/mol. The zero-order valence-electron chi connectivity index (χ0n) is 28.1. The third-order valence-corrected chi connectivity index (χ3v) is 9.01. The Kier molecular flexibility index (Phi) is 10.2. The Morgan fingerprint density at radius 3 is 2.30 bits per heavy atom. The van der Waals surface area contributed by atoms with Gasteiger partial charge in [0.25, 0.3) is 5.56 Å². The summed E-state index contributed by atoms with van der Waals surface area (Å²) in [7, 11) is 3.14. The maximum Gasteiger partial charge on any atom is 0.338 e. The van der Waals surface area contributed by atoms with Crippen LogP contribution in [0.2, 0.25) is 0 Å². The number of methoxy groups -OCH3 is 2. The zero-order chi connectivity index (χ0) is 33.8. The minimum atomic E-state index is -0.844. The number of hydrogen-bond donors (Lipinski definition) is 0. The summed E-state index contributed by atoms with van der Waals surface area (Å²) in [5, 5.41) is 0. The van der Waals surface area contributed by atoms with E-state index in [1.807, 2.05) is 37.3 Å². The van der Waals surface area contributed by atoms with Crippen LogP contribution in [0.5, 0.6) is 23.0 Å². The van der Waals surface area contributed by atoms with E-state index >= 15 is 0 Å². The van der Waals surface area contributed by atoms with Gasteiger partial charge in [0.15, 0.2) is 27.8 Å². The molecule has 1 aliphatic heterocycles. The van der Waals surface area contributed by atoms with Crippen LogP contribution >= 0.6 is 11.3 Å². The summed E-state index contributed by atoms with van der Waals surface area (Å²) in [5.41, 5.74) is 6.48. The lowest BCUT2D eigenvalue weighted by molar-refractivity contribution is -0.139. The quantitative estimate of drug-likeness (QED) is 0.191. The van der Waals surface area contributed by atoms with E-state index < -0.39 is 12.0 Å². The Balaban J connectivity index is 1.59. The molecule has 1 aromatic heterocycles. The molecule has 4 aromatic rings. The van der Waals surface area contributed by atoms with Gasteiger partial charge in [-0.2, -0.15) is 0 Å². The van der Waals surface area contributed by atoms with Crippen molar-refractivity contribution >= 4 is 23.4 Å². The van der Waals surface area contributed by atoms with E-state index in [1.54, 1.807) is 40.2 Å². The van der Waals surface area contributed by atoms with Crippen LogP contribution in [0.3, 0.4) is 0 Å². The summed E-state index contributed by atoms with van der Waals surface area (Å²) in [6.45, 7) is 12.6. The molecule has 10 heteroatoms. The van der Waals surface area contributed by atoms with Gasteiger partial charge in [-0.15, -0.1) is 0 Å². The molecule has 9 nitrogen and oxygen atoms in total. The van der Waals surface area contributed by atoms with Crippen molar-refractivity contribution in [3.8, 4) is 23.0 Å². The van der Waals surface area contributed by atoms with E-state index in [0.29, 0.717) is 56.8 Å². The van der Waals surface area contributed by atoms with Crippen molar-refractivity contribution in [2.24, 2.45) is 4.99 Å². The van der Waals surface area contributed by atoms with Crippen LogP contribution in [0, 0.1) is 20.8 Å². The van der Waals surface area contributed by atoms with E-state index in [0.717, 1.165) is 11.1 Å². The number of allylic oxidation sites excluding steroid dienone is 1. The largest absolute Gasteiger partial charge is 0.493 e. The Labute approximate surface area is 278 Å². The van der Waals surface area contributed by atoms with E-state index in [4.69, 9.17) is 28.7 Å². The van der Waals surface area contributed by atoms with Gasteiger partial charge in [-0.1, -0.05) is 47.2 Å². The number of esters is 1. The standard InChI is InChI=1S/C37H40N2O7S/c1-9-44-34-26(12-11-13-29(34)42-7)33-32(36(41)45-10-2)24(6)38-37-39(33)35(40)31(47-37)19-25-14-15-28(30(18-25)43-8)46-20-27-22(4)16-21(3)17-23(27)5/h11-19,33H,9-10,20H2,1-8H3/b31-19-/t33-/m1/s1. The summed E-state index contributed by atoms with van der Waals surface area (Å²) in [6.07, 6.45) is 1.79. The molecule has 3 aromatic carbocycles.